The fourth-order valence-corrected chi connectivity index (χ4v) is 2.01. The third-order valence-electron chi connectivity index (χ3n) is 3.01. The second kappa shape index (κ2) is 5.47. The molecule has 0 saturated carbocycles. The number of alkyl halides is 2. The number of rotatable bonds is 3. The molecule has 110 valence electrons. The first-order chi connectivity index (χ1) is 9.12. The van der Waals surface area contributed by atoms with Gasteiger partial charge < -0.3 is 19.4 Å². The topological polar surface area (TPSA) is 76.1 Å². The number of aromatic nitrogens is 3. The Morgan fingerprint density at radius 3 is 2.95 bits per heavy atom. The summed E-state index contributed by atoms with van der Waals surface area (Å²) in [6, 6.07) is 2.56. The van der Waals surface area contributed by atoms with Crippen molar-refractivity contribution in [2.75, 3.05) is 13.2 Å². The van der Waals surface area contributed by atoms with Crippen molar-refractivity contribution in [3.05, 3.63) is 23.7 Å². The number of hydrogen-bond acceptors (Lipinski definition) is 5. The van der Waals surface area contributed by atoms with E-state index in [1.807, 2.05) is 4.57 Å². The van der Waals surface area contributed by atoms with E-state index in [0.717, 1.165) is 18.4 Å². The van der Waals surface area contributed by atoms with Crippen LogP contribution in [0.25, 0.3) is 11.6 Å². The van der Waals surface area contributed by atoms with Crippen LogP contribution in [0.2, 0.25) is 0 Å². The summed E-state index contributed by atoms with van der Waals surface area (Å²) in [7, 11) is 0. The molecule has 0 amide bonds. The molecule has 1 aliphatic heterocycles. The van der Waals surface area contributed by atoms with E-state index in [1.54, 1.807) is 0 Å². The Hall–Kier alpha value is -1.51. The lowest BCUT2D eigenvalue weighted by Crippen LogP contribution is -2.28. The fourth-order valence-electron chi connectivity index (χ4n) is 2.01. The molecule has 0 spiro atoms. The van der Waals surface area contributed by atoms with Crippen LogP contribution in [-0.4, -0.2) is 33.0 Å². The standard InChI is InChI=1S/C11H12F2N4O2.ClH/c12-11(13,6-18)8-2-1-7(19-8)10-16-15-9-5-14-3-4-17(9)10;/h1-2,14,18H,3-6H2;1H. The first-order valence-corrected chi connectivity index (χ1v) is 5.84. The number of aliphatic hydroxyl groups is 1. The summed E-state index contributed by atoms with van der Waals surface area (Å²) >= 11 is 0. The maximum absolute atomic E-state index is 13.3. The highest BCUT2D eigenvalue weighted by molar-refractivity contribution is 5.85. The number of nitrogens with zero attached hydrogens (tertiary/aromatic N) is 3. The van der Waals surface area contributed by atoms with Crippen molar-refractivity contribution in [1.82, 2.24) is 20.1 Å². The molecular formula is C11H13ClF2N4O2. The third-order valence-corrected chi connectivity index (χ3v) is 3.01. The molecule has 1 aliphatic rings. The van der Waals surface area contributed by atoms with E-state index >= 15 is 0 Å². The molecule has 2 N–H and O–H groups in total. The Bertz CT molecular complexity index is 599. The largest absolute Gasteiger partial charge is 0.451 e. The lowest BCUT2D eigenvalue weighted by Gasteiger charge is -2.15. The van der Waals surface area contributed by atoms with Crippen LogP contribution in [0.3, 0.4) is 0 Å². The zero-order chi connectivity index (χ0) is 13.5. The monoisotopic (exact) mass is 306 g/mol. The zero-order valence-corrected chi connectivity index (χ0v) is 11.2. The second-order valence-corrected chi connectivity index (χ2v) is 4.29. The van der Waals surface area contributed by atoms with E-state index in [4.69, 9.17) is 9.52 Å². The lowest BCUT2D eigenvalue weighted by atomic mass is 10.3. The van der Waals surface area contributed by atoms with Crippen molar-refractivity contribution in [3.63, 3.8) is 0 Å². The Kier molecular flexibility index (Phi) is 4.07. The van der Waals surface area contributed by atoms with Gasteiger partial charge in [-0.1, -0.05) is 0 Å². The highest BCUT2D eigenvalue weighted by Crippen LogP contribution is 2.32. The van der Waals surface area contributed by atoms with Gasteiger partial charge in [-0.25, -0.2) is 0 Å². The van der Waals surface area contributed by atoms with Crippen LogP contribution >= 0.6 is 12.4 Å². The summed E-state index contributed by atoms with van der Waals surface area (Å²) in [5, 5.41) is 19.7. The molecule has 0 aromatic carbocycles. The smallest absolute Gasteiger partial charge is 0.327 e. The summed E-state index contributed by atoms with van der Waals surface area (Å²) in [6.45, 7) is 0.720. The van der Waals surface area contributed by atoms with Gasteiger partial charge in [0.15, 0.2) is 17.3 Å². The molecule has 2 aromatic rings. The maximum atomic E-state index is 13.3. The van der Waals surface area contributed by atoms with E-state index in [1.165, 1.54) is 6.07 Å². The van der Waals surface area contributed by atoms with Gasteiger partial charge in [-0.3, -0.25) is 0 Å². The molecule has 0 bridgehead atoms. The van der Waals surface area contributed by atoms with E-state index in [9.17, 15) is 8.78 Å². The van der Waals surface area contributed by atoms with E-state index in [0.29, 0.717) is 18.9 Å². The SMILES string of the molecule is Cl.OCC(F)(F)c1ccc(-c2nnc3n2CCNC3)o1. The molecule has 9 heteroatoms. The normalized spacial score (nSPS) is 14.8. The van der Waals surface area contributed by atoms with Gasteiger partial charge in [0.25, 0.3) is 0 Å². The number of nitrogens with one attached hydrogen (secondary N) is 1. The molecule has 0 radical (unpaired) electrons. The Balaban J connectivity index is 0.00000147. The van der Waals surface area contributed by atoms with Crippen LogP contribution in [0.1, 0.15) is 11.6 Å². The first-order valence-electron chi connectivity index (χ1n) is 5.84. The van der Waals surface area contributed by atoms with Gasteiger partial charge in [-0.2, -0.15) is 8.78 Å². The minimum atomic E-state index is -3.38. The highest BCUT2D eigenvalue weighted by atomic mass is 35.5. The van der Waals surface area contributed by atoms with Gasteiger partial charge in [-0.05, 0) is 12.1 Å². The molecule has 3 rings (SSSR count). The van der Waals surface area contributed by atoms with E-state index < -0.39 is 18.3 Å². The van der Waals surface area contributed by atoms with Crippen molar-refractivity contribution in [2.24, 2.45) is 0 Å². The van der Waals surface area contributed by atoms with Gasteiger partial charge >= 0.3 is 5.92 Å². The third kappa shape index (κ3) is 2.41. The number of furan rings is 1. The minimum Gasteiger partial charge on any atom is -0.451 e. The summed E-state index contributed by atoms with van der Waals surface area (Å²) < 4.78 is 33.5. The molecule has 0 unspecified atom stereocenters. The average molecular weight is 307 g/mol. The average Bonchev–Trinajstić information content (AvgIpc) is 3.05. The van der Waals surface area contributed by atoms with Gasteiger partial charge in [-0.15, -0.1) is 22.6 Å². The maximum Gasteiger partial charge on any atom is 0.327 e. The summed E-state index contributed by atoms with van der Waals surface area (Å²) in [4.78, 5) is 0. The molecule has 2 aromatic heterocycles. The van der Waals surface area contributed by atoms with Gasteiger partial charge in [0.05, 0.1) is 6.54 Å². The van der Waals surface area contributed by atoms with Crippen LogP contribution < -0.4 is 5.32 Å². The zero-order valence-electron chi connectivity index (χ0n) is 10.3. The molecular weight excluding hydrogens is 294 g/mol. The Labute approximate surface area is 119 Å². The van der Waals surface area contributed by atoms with Crippen molar-refractivity contribution in [3.8, 4) is 11.6 Å². The van der Waals surface area contributed by atoms with Crippen molar-refractivity contribution >= 4 is 12.4 Å². The number of hydrogen-bond donors (Lipinski definition) is 2. The molecule has 0 aliphatic carbocycles. The number of halogens is 3. The highest BCUT2D eigenvalue weighted by Gasteiger charge is 2.35. The van der Waals surface area contributed by atoms with Crippen LogP contribution in [0.4, 0.5) is 8.78 Å². The molecule has 3 heterocycles. The van der Waals surface area contributed by atoms with Crippen molar-refractivity contribution in [1.29, 1.82) is 0 Å². The van der Waals surface area contributed by atoms with Crippen molar-refractivity contribution in [2.45, 2.75) is 19.0 Å². The van der Waals surface area contributed by atoms with Crippen LogP contribution in [0.15, 0.2) is 16.5 Å². The van der Waals surface area contributed by atoms with E-state index in [-0.39, 0.29) is 18.2 Å². The predicted octanol–water partition coefficient (Wildman–Crippen LogP) is 1.15. The second-order valence-electron chi connectivity index (χ2n) is 4.29. The van der Waals surface area contributed by atoms with Crippen molar-refractivity contribution < 1.29 is 18.3 Å². The van der Waals surface area contributed by atoms with Gasteiger partial charge in [0, 0.05) is 13.1 Å². The molecule has 6 nitrogen and oxygen atoms in total. The summed E-state index contributed by atoms with van der Waals surface area (Å²) in [6.07, 6.45) is 0. The lowest BCUT2D eigenvalue weighted by molar-refractivity contribution is -0.0718. The van der Waals surface area contributed by atoms with E-state index in [2.05, 4.69) is 15.5 Å². The van der Waals surface area contributed by atoms with Gasteiger partial charge in [0.2, 0.25) is 0 Å². The summed E-state index contributed by atoms with van der Waals surface area (Å²) in [5.41, 5.74) is 0. The molecule has 0 atom stereocenters. The molecule has 0 fully saturated rings. The first kappa shape index (κ1) is 14.9. The van der Waals surface area contributed by atoms with Crippen LogP contribution in [0.5, 0.6) is 0 Å². The van der Waals surface area contributed by atoms with Gasteiger partial charge in [0.1, 0.15) is 12.4 Å². The minimum absolute atomic E-state index is 0. The predicted molar refractivity (Wildman–Crippen MR) is 67.7 cm³/mol. The Morgan fingerprint density at radius 2 is 2.20 bits per heavy atom. The quantitative estimate of drug-likeness (QED) is 0.889. The number of aliphatic hydroxyl groups excluding tert-OH is 1. The fraction of sp³-hybridized carbons (Fsp3) is 0.455. The van der Waals surface area contributed by atoms with Crippen LogP contribution in [0, 0.1) is 0 Å². The molecule has 0 saturated heterocycles. The molecule has 20 heavy (non-hydrogen) atoms. The Morgan fingerprint density at radius 1 is 1.40 bits per heavy atom. The summed E-state index contributed by atoms with van der Waals surface area (Å²) in [5.74, 6) is -2.56. The number of fused-ring (bicyclic) bond motifs is 1. The van der Waals surface area contributed by atoms with Crippen LogP contribution in [-0.2, 0) is 19.0 Å².